The fourth-order valence-corrected chi connectivity index (χ4v) is 1.84. The molecule has 0 unspecified atom stereocenters. The van der Waals surface area contributed by atoms with Crippen LogP contribution in [0.4, 0.5) is 13.2 Å². The van der Waals surface area contributed by atoms with E-state index < -0.39 is 19.2 Å². The van der Waals surface area contributed by atoms with Gasteiger partial charge in [0.15, 0.2) is 5.78 Å². The fraction of sp³-hybridized carbons (Fsp3) is 0.429. The first kappa shape index (κ1) is 15.3. The van der Waals surface area contributed by atoms with Crippen LogP contribution in [-0.4, -0.2) is 28.2 Å². The minimum atomic E-state index is -4.24. The number of alkyl halides is 3. The van der Waals surface area contributed by atoms with E-state index in [0.29, 0.717) is 11.1 Å². The van der Waals surface area contributed by atoms with Crippen molar-refractivity contribution in [2.75, 3.05) is 6.61 Å². The second-order valence-corrected chi connectivity index (χ2v) is 4.99. The SMILES string of the molecule is CC(C)C(=O)c1cnn2cc(OCCC(F)(F)F)ccc12. The number of hydrogen-bond donors (Lipinski definition) is 0. The molecule has 2 rings (SSSR count). The monoisotopic (exact) mass is 300 g/mol. The Balaban J connectivity index is 2.15. The highest BCUT2D eigenvalue weighted by molar-refractivity contribution is 6.03. The number of ketones is 1. The lowest BCUT2D eigenvalue weighted by Crippen LogP contribution is -2.13. The number of carbonyl (C=O) groups is 1. The molecule has 0 saturated carbocycles. The Kier molecular flexibility index (Phi) is 4.20. The Morgan fingerprint density at radius 2 is 2.10 bits per heavy atom. The summed E-state index contributed by atoms with van der Waals surface area (Å²) in [5.74, 6) is 0.0925. The summed E-state index contributed by atoms with van der Waals surface area (Å²) in [6, 6.07) is 3.15. The molecule has 2 aromatic rings. The van der Waals surface area contributed by atoms with E-state index in [1.165, 1.54) is 23.0 Å². The standard InChI is InChI=1S/C14H15F3N2O2/c1-9(2)13(20)11-7-18-19-8-10(3-4-12(11)19)21-6-5-14(15,16)17/h3-4,7-9H,5-6H2,1-2H3. The molecule has 0 amide bonds. The third-order valence-corrected chi connectivity index (χ3v) is 2.93. The van der Waals surface area contributed by atoms with Gasteiger partial charge in [-0.25, -0.2) is 4.52 Å². The molecule has 0 aliphatic rings. The molecule has 2 aromatic heterocycles. The molecule has 2 heterocycles. The van der Waals surface area contributed by atoms with Gasteiger partial charge in [0.2, 0.25) is 0 Å². The van der Waals surface area contributed by atoms with Crippen molar-refractivity contribution in [3.8, 4) is 5.75 Å². The van der Waals surface area contributed by atoms with E-state index in [1.807, 2.05) is 0 Å². The van der Waals surface area contributed by atoms with Crippen molar-refractivity contribution >= 4 is 11.3 Å². The number of nitrogens with zero attached hydrogens (tertiary/aromatic N) is 2. The molecule has 21 heavy (non-hydrogen) atoms. The van der Waals surface area contributed by atoms with Crippen LogP contribution >= 0.6 is 0 Å². The van der Waals surface area contributed by atoms with E-state index in [2.05, 4.69) is 5.10 Å². The summed E-state index contributed by atoms with van der Waals surface area (Å²) in [6.45, 7) is 3.13. The van der Waals surface area contributed by atoms with Crippen LogP contribution < -0.4 is 4.74 Å². The second-order valence-electron chi connectivity index (χ2n) is 4.99. The first-order valence-electron chi connectivity index (χ1n) is 6.49. The smallest absolute Gasteiger partial charge is 0.392 e. The summed E-state index contributed by atoms with van der Waals surface area (Å²) >= 11 is 0. The third kappa shape index (κ3) is 3.74. The van der Waals surface area contributed by atoms with Gasteiger partial charge in [-0.2, -0.15) is 18.3 Å². The Morgan fingerprint density at radius 1 is 1.38 bits per heavy atom. The van der Waals surface area contributed by atoms with Gasteiger partial charge in [-0.1, -0.05) is 13.8 Å². The number of aromatic nitrogens is 2. The van der Waals surface area contributed by atoms with Gasteiger partial charge >= 0.3 is 6.18 Å². The van der Waals surface area contributed by atoms with Gasteiger partial charge in [-0.3, -0.25) is 4.79 Å². The number of hydrogen-bond acceptors (Lipinski definition) is 3. The predicted octanol–water partition coefficient (Wildman–Crippen LogP) is 3.50. The van der Waals surface area contributed by atoms with Crippen LogP contribution in [-0.2, 0) is 0 Å². The molecular formula is C14H15F3N2O2. The van der Waals surface area contributed by atoms with Gasteiger partial charge in [0.1, 0.15) is 5.75 Å². The zero-order valence-corrected chi connectivity index (χ0v) is 11.6. The Hall–Kier alpha value is -2.05. The molecule has 0 N–H and O–H groups in total. The number of rotatable bonds is 5. The lowest BCUT2D eigenvalue weighted by Gasteiger charge is -2.09. The maximum atomic E-state index is 12.0. The largest absolute Gasteiger partial charge is 0.492 e. The van der Waals surface area contributed by atoms with E-state index in [1.54, 1.807) is 19.9 Å². The van der Waals surface area contributed by atoms with Crippen molar-refractivity contribution in [3.63, 3.8) is 0 Å². The quantitative estimate of drug-likeness (QED) is 0.794. The highest BCUT2D eigenvalue weighted by Crippen LogP contribution is 2.22. The summed E-state index contributed by atoms with van der Waals surface area (Å²) in [5.41, 5.74) is 1.10. The molecule has 0 atom stereocenters. The summed E-state index contributed by atoms with van der Waals surface area (Å²) < 4.78 is 42.6. The van der Waals surface area contributed by atoms with Gasteiger partial charge in [-0.15, -0.1) is 0 Å². The molecule has 0 radical (unpaired) electrons. The predicted molar refractivity (Wildman–Crippen MR) is 70.5 cm³/mol. The van der Waals surface area contributed by atoms with Crippen molar-refractivity contribution in [2.24, 2.45) is 5.92 Å². The maximum Gasteiger partial charge on any atom is 0.392 e. The van der Waals surface area contributed by atoms with Crippen LogP contribution in [0, 0.1) is 5.92 Å². The highest BCUT2D eigenvalue weighted by Gasteiger charge is 2.26. The fourth-order valence-electron chi connectivity index (χ4n) is 1.84. The lowest BCUT2D eigenvalue weighted by atomic mass is 10.0. The summed E-state index contributed by atoms with van der Waals surface area (Å²) in [6.07, 6.45) is -2.34. The van der Waals surface area contributed by atoms with Crippen LogP contribution in [0.3, 0.4) is 0 Å². The first-order chi connectivity index (χ1) is 9.78. The Bertz CT molecular complexity index is 647. The van der Waals surface area contributed by atoms with E-state index in [0.717, 1.165) is 0 Å². The number of carbonyl (C=O) groups excluding carboxylic acids is 1. The summed E-state index contributed by atoms with van der Waals surface area (Å²) in [4.78, 5) is 12.0. The molecule has 7 heteroatoms. The second kappa shape index (κ2) is 5.75. The number of pyridine rings is 1. The van der Waals surface area contributed by atoms with Crippen molar-refractivity contribution in [1.29, 1.82) is 0 Å². The van der Waals surface area contributed by atoms with Gasteiger partial charge in [0.25, 0.3) is 0 Å². The maximum absolute atomic E-state index is 12.0. The normalized spacial score (nSPS) is 12.1. The lowest BCUT2D eigenvalue weighted by molar-refractivity contribution is -0.139. The van der Waals surface area contributed by atoms with E-state index >= 15 is 0 Å². The molecule has 4 nitrogen and oxygen atoms in total. The molecule has 114 valence electrons. The van der Waals surface area contributed by atoms with Crippen LogP contribution in [0.15, 0.2) is 24.5 Å². The van der Waals surface area contributed by atoms with E-state index in [-0.39, 0.29) is 17.5 Å². The van der Waals surface area contributed by atoms with E-state index in [4.69, 9.17) is 4.74 Å². The summed E-state index contributed by atoms with van der Waals surface area (Å²) in [7, 11) is 0. The number of fused-ring (bicyclic) bond motifs is 1. The zero-order chi connectivity index (χ0) is 15.6. The third-order valence-electron chi connectivity index (χ3n) is 2.93. The number of ether oxygens (including phenoxy) is 1. The minimum Gasteiger partial charge on any atom is -0.492 e. The number of halogens is 3. The highest BCUT2D eigenvalue weighted by atomic mass is 19.4. The molecule has 0 aliphatic heterocycles. The van der Waals surface area contributed by atoms with Crippen molar-refractivity contribution in [2.45, 2.75) is 26.4 Å². The molecule has 0 bridgehead atoms. The van der Waals surface area contributed by atoms with Crippen molar-refractivity contribution in [1.82, 2.24) is 9.61 Å². The number of Topliss-reactive ketones (excluding diaryl/α,β-unsaturated/α-hetero) is 1. The topological polar surface area (TPSA) is 43.6 Å². The van der Waals surface area contributed by atoms with Crippen LogP contribution in [0.1, 0.15) is 30.6 Å². The van der Waals surface area contributed by atoms with Crippen LogP contribution in [0.25, 0.3) is 5.52 Å². The minimum absolute atomic E-state index is 0.0317. The van der Waals surface area contributed by atoms with Gasteiger partial charge < -0.3 is 4.74 Å². The molecule has 0 saturated heterocycles. The first-order valence-corrected chi connectivity index (χ1v) is 6.49. The van der Waals surface area contributed by atoms with E-state index in [9.17, 15) is 18.0 Å². The Labute approximate surface area is 119 Å². The van der Waals surface area contributed by atoms with Crippen LogP contribution in [0.5, 0.6) is 5.75 Å². The molecular weight excluding hydrogens is 285 g/mol. The Morgan fingerprint density at radius 3 is 2.71 bits per heavy atom. The van der Waals surface area contributed by atoms with Gasteiger partial charge in [-0.05, 0) is 12.1 Å². The molecule has 0 aliphatic carbocycles. The summed E-state index contributed by atoms with van der Waals surface area (Å²) in [5, 5.41) is 4.03. The average molecular weight is 300 g/mol. The van der Waals surface area contributed by atoms with Gasteiger partial charge in [0.05, 0.1) is 36.5 Å². The van der Waals surface area contributed by atoms with Crippen molar-refractivity contribution < 1.29 is 22.7 Å². The zero-order valence-electron chi connectivity index (χ0n) is 11.6. The van der Waals surface area contributed by atoms with Crippen LogP contribution in [0.2, 0.25) is 0 Å². The molecule has 0 spiro atoms. The van der Waals surface area contributed by atoms with Crippen molar-refractivity contribution in [3.05, 3.63) is 30.1 Å². The van der Waals surface area contributed by atoms with Gasteiger partial charge in [0, 0.05) is 5.92 Å². The average Bonchev–Trinajstić information content (AvgIpc) is 2.79. The molecule has 0 aromatic carbocycles. The molecule has 0 fully saturated rings.